The molecule has 1 aromatic carbocycles. The van der Waals surface area contributed by atoms with E-state index in [9.17, 15) is 9.59 Å². The van der Waals surface area contributed by atoms with Gasteiger partial charge in [0.15, 0.2) is 17.3 Å². The summed E-state index contributed by atoms with van der Waals surface area (Å²) in [7, 11) is 5.16. The van der Waals surface area contributed by atoms with Crippen LogP contribution in [0.4, 0.5) is 5.69 Å². The topological polar surface area (TPSA) is 62.3 Å². The zero-order chi connectivity index (χ0) is 18.0. The molecule has 2 heterocycles. The van der Waals surface area contributed by atoms with Crippen molar-refractivity contribution in [3.63, 3.8) is 0 Å². The van der Waals surface area contributed by atoms with E-state index in [1.807, 2.05) is 0 Å². The highest BCUT2D eigenvalue weighted by Crippen LogP contribution is 2.42. The summed E-state index contributed by atoms with van der Waals surface area (Å²) in [5, 5.41) is 0. The molecule has 0 spiro atoms. The standard InChI is InChI=1S/C18H25N3O4/c1-19-8-10-20(11-9-19)12-16(23)21-7-6-14(22)13-4-5-15(24-2)18(25-3)17(13)21/h4-5H,6-12H2,1-3H3. The fraction of sp³-hybridized carbons (Fsp3) is 0.556. The van der Waals surface area contributed by atoms with Crippen molar-refractivity contribution in [3.8, 4) is 11.5 Å². The Balaban J connectivity index is 1.87. The van der Waals surface area contributed by atoms with E-state index in [0.717, 1.165) is 26.2 Å². The second-order valence-corrected chi connectivity index (χ2v) is 6.50. The largest absolute Gasteiger partial charge is 0.493 e. The maximum Gasteiger partial charge on any atom is 0.241 e. The van der Waals surface area contributed by atoms with E-state index >= 15 is 0 Å². The average molecular weight is 347 g/mol. The van der Waals surface area contributed by atoms with E-state index in [2.05, 4.69) is 16.8 Å². The third-order valence-electron chi connectivity index (χ3n) is 4.91. The molecule has 0 bridgehead atoms. The summed E-state index contributed by atoms with van der Waals surface area (Å²) < 4.78 is 10.8. The molecule has 7 heteroatoms. The van der Waals surface area contributed by atoms with Gasteiger partial charge in [0.2, 0.25) is 5.91 Å². The lowest BCUT2D eigenvalue weighted by Gasteiger charge is -2.35. The number of carbonyl (C=O) groups excluding carboxylic acids is 2. The molecule has 0 unspecified atom stereocenters. The minimum absolute atomic E-state index is 0.00939. The van der Waals surface area contributed by atoms with Crippen molar-refractivity contribution in [1.82, 2.24) is 9.80 Å². The second-order valence-electron chi connectivity index (χ2n) is 6.50. The van der Waals surface area contributed by atoms with E-state index in [-0.39, 0.29) is 11.7 Å². The molecular formula is C18H25N3O4. The molecule has 0 radical (unpaired) electrons. The van der Waals surface area contributed by atoms with Crippen LogP contribution < -0.4 is 14.4 Å². The summed E-state index contributed by atoms with van der Waals surface area (Å²) >= 11 is 0. The van der Waals surface area contributed by atoms with Crippen LogP contribution in [0.15, 0.2) is 12.1 Å². The average Bonchev–Trinajstić information content (AvgIpc) is 2.62. The van der Waals surface area contributed by atoms with Crippen LogP contribution >= 0.6 is 0 Å². The van der Waals surface area contributed by atoms with Crippen molar-refractivity contribution in [2.45, 2.75) is 6.42 Å². The molecule has 0 aromatic heterocycles. The molecule has 1 saturated heterocycles. The number of amides is 1. The number of carbonyl (C=O) groups is 2. The number of anilines is 1. The Morgan fingerprint density at radius 2 is 1.80 bits per heavy atom. The number of methoxy groups -OCH3 is 2. The first kappa shape index (κ1) is 17.7. The number of rotatable bonds is 4. The summed E-state index contributed by atoms with van der Waals surface area (Å²) in [6, 6.07) is 3.43. The minimum Gasteiger partial charge on any atom is -0.493 e. The highest BCUT2D eigenvalue weighted by Gasteiger charge is 2.33. The number of likely N-dealkylation sites (N-methyl/N-ethyl adjacent to an activating group) is 1. The van der Waals surface area contributed by atoms with Crippen LogP contribution in [-0.4, -0.2) is 82.0 Å². The lowest BCUT2D eigenvalue weighted by atomic mass is 9.99. The van der Waals surface area contributed by atoms with Gasteiger partial charge in [0.1, 0.15) is 5.69 Å². The van der Waals surface area contributed by atoms with Crippen LogP contribution in [0.5, 0.6) is 11.5 Å². The molecule has 1 fully saturated rings. The number of Topliss-reactive ketones (excluding diaryl/α,β-unsaturated/α-hetero) is 1. The van der Waals surface area contributed by atoms with E-state index in [1.54, 1.807) is 24.1 Å². The first-order valence-corrected chi connectivity index (χ1v) is 8.54. The first-order valence-electron chi connectivity index (χ1n) is 8.54. The number of ether oxygens (including phenoxy) is 2. The van der Waals surface area contributed by atoms with Gasteiger partial charge in [-0.1, -0.05) is 0 Å². The third-order valence-corrected chi connectivity index (χ3v) is 4.91. The Bertz CT molecular complexity index is 669. The van der Waals surface area contributed by atoms with Gasteiger partial charge in [-0.3, -0.25) is 14.5 Å². The van der Waals surface area contributed by atoms with Crippen molar-refractivity contribution in [2.24, 2.45) is 0 Å². The van der Waals surface area contributed by atoms with Gasteiger partial charge in [-0.05, 0) is 19.2 Å². The SMILES string of the molecule is COc1ccc2c(c1OC)N(C(=O)CN1CCN(C)CC1)CCC2=O. The second kappa shape index (κ2) is 7.41. The van der Waals surface area contributed by atoms with Gasteiger partial charge in [0, 0.05) is 44.7 Å². The summed E-state index contributed by atoms with van der Waals surface area (Å²) in [4.78, 5) is 31.3. The molecule has 0 atom stereocenters. The highest BCUT2D eigenvalue weighted by atomic mass is 16.5. The van der Waals surface area contributed by atoms with Gasteiger partial charge in [-0.2, -0.15) is 0 Å². The van der Waals surface area contributed by atoms with Gasteiger partial charge < -0.3 is 19.3 Å². The third kappa shape index (κ3) is 3.48. The molecule has 0 aliphatic carbocycles. The Morgan fingerprint density at radius 3 is 2.44 bits per heavy atom. The first-order chi connectivity index (χ1) is 12.0. The van der Waals surface area contributed by atoms with E-state index in [1.165, 1.54) is 7.11 Å². The number of hydrogen-bond acceptors (Lipinski definition) is 6. The fourth-order valence-corrected chi connectivity index (χ4v) is 3.40. The van der Waals surface area contributed by atoms with E-state index in [4.69, 9.17) is 9.47 Å². The van der Waals surface area contributed by atoms with Crippen LogP contribution in [0.2, 0.25) is 0 Å². The van der Waals surface area contributed by atoms with Crippen molar-refractivity contribution < 1.29 is 19.1 Å². The number of fused-ring (bicyclic) bond motifs is 1. The zero-order valence-corrected chi connectivity index (χ0v) is 15.1. The normalized spacial score (nSPS) is 18.8. The molecule has 3 rings (SSSR count). The predicted molar refractivity (Wildman–Crippen MR) is 94.8 cm³/mol. The Hall–Kier alpha value is -2.12. The summed E-state index contributed by atoms with van der Waals surface area (Å²) in [5.41, 5.74) is 1.06. The molecule has 0 N–H and O–H groups in total. The number of piperazine rings is 1. The smallest absolute Gasteiger partial charge is 0.241 e. The Kier molecular flexibility index (Phi) is 5.24. The lowest BCUT2D eigenvalue weighted by Crippen LogP contribution is -2.50. The number of nitrogens with zero attached hydrogens (tertiary/aromatic N) is 3. The van der Waals surface area contributed by atoms with Crippen molar-refractivity contribution in [1.29, 1.82) is 0 Å². The van der Waals surface area contributed by atoms with Crippen LogP contribution in [0.1, 0.15) is 16.8 Å². The maximum absolute atomic E-state index is 12.9. The lowest BCUT2D eigenvalue weighted by molar-refractivity contribution is -0.120. The Morgan fingerprint density at radius 1 is 1.08 bits per heavy atom. The Labute approximate surface area is 148 Å². The maximum atomic E-state index is 12.9. The van der Waals surface area contributed by atoms with Crippen LogP contribution in [0.25, 0.3) is 0 Å². The summed E-state index contributed by atoms with van der Waals surface area (Å²) in [6.45, 7) is 4.39. The van der Waals surface area contributed by atoms with Crippen LogP contribution in [0, 0.1) is 0 Å². The monoisotopic (exact) mass is 347 g/mol. The predicted octanol–water partition coefficient (Wildman–Crippen LogP) is 0.871. The van der Waals surface area contributed by atoms with E-state index in [0.29, 0.717) is 42.3 Å². The van der Waals surface area contributed by atoms with Crippen molar-refractivity contribution in [2.75, 3.05) is 65.4 Å². The summed E-state index contributed by atoms with van der Waals surface area (Å²) in [5.74, 6) is 0.984. The fourth-order valence-electron chi connectivity index (χ4n) is 3.40. The molecule has 25 heavy (non-hydrogen) atoms. The van der Waals surface area contributed by atoms with Gasteiger partial charge in [-0.25, -0.2) is 0 Å². The quantitative estimate of drug-likeness (QED) is 0.805. The van der Waals surface area contributed by atoms with Gasteiger partial charge in [-0.15, -0.1) is 0 Å². The number of ketones is 1. The zero-order valence-electron chi connectivity index (χ0n) is 15.1. The van der Waals surface area contributed by atoms with Crippen molar-refractivity contribution in [3.05, 3.63) is 17.7 Å². The number of benzene rings is 1. The molecule has 7 nitrogen and oxygen atoms in total. The molecule has 1 aromatic rings. The molecule has 136 valence electrons. The van der Waals surface area contributed by atoms with Crippen LogP contribution in [-0.2, 0) is 4.79 Å². The van der Waals surface area contributed by atoms with E-state index < -0.39 is 0 Å². The molecule has 0 saturated carbocycles. The highest BCUT2D eigenvalue weighted by molar-refractivity contribution is 6.11. The molecule has 1 amide bonds. The summed E-state index contributed by atoms with van der Waals surface area (Å²) in [6.07, 6.45) is 0.330. The molecule has 2 aliphatic heterocycles. The van der Waals surface area contributed by atoms with Crippen molar-refractivity contribution >= 4 is 17.4 Å². The van der Waals surface area contributed by atoms with Crippen LogP contribution in [0.3, 0.4) is 0 Å². The molecular weight excluding hydrogens is 322 g/mol. The van der Waals surface area contributed by atoms with Gasteiger partial charge in [0.05, 0.1) is 20.8 Å². The van der Waals surface area contributed by atoms with Gasteiger partial charge >= 0.3 is 0 Å². The number of hydrogen-bond donors (Lipinski definition) is 0. The minimum atomic E-state index is -0.00939. The molecule has 2 aliphatic rings. The van der Waals surface area contributed by atoms with Gasteiger partial charge in [0.25, 0.3) is 0 Å².